The fraction of sp³-hybridized carbons (Fsp3) is 0.154. The monoisotopic (exact) mass is 214 g/mol. The number of nitrogens with zero attached hydrogens (tertiary/aromatic N) is 2. The number of fused-ring (bicyclic) bond motifs is 1. The van der Waals surface area contributed by atoms with E-state index in [4.69, 9.17) is 0 Å². The van der Waals surface area contributed by atoms with Gasteiger partial charge in [-0.25, -0.2) is 9.37 Å². The Bertz CT molecular complexity index is 541. The van der Waals surface area contributed by atoms with Gasteiger partial charge < -0.3 is 4.57 Å². The van der Waals surface area contributed by atoms with Gasteiger partial charge >= 0.3 is 0 Å². The number of imidazole rings is 1. The Labute approximate surface area is 93.1 Å². The fourth-order valence-electron chi connectivity index (χ4n) is 2.15. The van der Waals surface area contributed by atoms with Crippen LogP contribution in [0.15, 0.2) is 36.9 Å². The average Bonchev–Trinajstić information content (AvgIpc) is 2.89. The molecule has 0 unspecified atom stereocenters. The van der Waals surface area contributed by atoms with Crippen LogP contribution in [0.1, 0.15) is 17.5 Å². The summed E-state index contributed by atoms with van der Waals surface area (Å²) in [4.78, 5) is 3.99. The van der Waals surface area contributed by atoms with Crippen LogP contribution in [-0.2, 0) is 6.42 Å². The predicted molar refractivity (Wildman–Crippen MR) is 61.1 cm³/mol. The smallest absolute Gasteiger partial charge is 0.123 e. The second kappa shape index (κ2) is 3.59. The molecule has 0 saturated heterocycles. The molecule has 0 radical (unpaired) electrons. The van der Waals surface area contributed by atoms with Crippen LogP contribution in [-0.4, -0.2) is 9.55 Å². The summed E-state index contributed by atoms with van der Waals surface area (Å²) in [7, 11) is 0. The summed E-state index contributed by atoms with van der Waals surface area (Å²) in [6.45, 7) is 0. The lowest BCUT2D eigenvalue weighted by Crippen LogP contribution is -1.85. The molecule has 2 nitrogen and oxygen atoms in total. The fourth-order valence-corrected chi connectivity index (χ4v) is 2.15. The summed E-state index contributed by atoms with van der Waals surface area (Å²) < 4.78 is 15.0. The van der Waals surface area contributed by atoms with Gasteiger partial charge in [-0.15, -0.1) is 0 Å². The van der Waals surface area contributed by atoms with Crippen molar-refractivity contribution in [1.82, 2.24) is 9.55 Å². The van der Waals surface area contributed by atoms with Crippen LogP contribution in [0.4, 0.5) is 4.39 Å². The molecule has 16 heavy (non-hydrogen) atoms. The van der Waals surface area contributed by atoms with Crippen molar-refractivity contribution in [3.8, 4) is 0 Å². The first-order chi connectivity index (χ1) is 7.83. The SMILES string of the molecule is Fc1ccc2c(c1)CC/C2=C/n1ccnc1. The lowest BCUT2D eigenvalue weighted by molar-refractivity contribution is 0.626. The Balaban J connectivity index is 2.03. The minimum absolute atomic E-state index is 0.150. The van der Waals surface area contributed by atoms with E-state index in [1.165, 1.54) is 11.6 Å². The number of halogens is 1. The standard InChI is InChI=1S/C13H11FN2/c14-12-3-4-13-10(7-12)1-2-11(13)8-16-6-5-15-9-16/h3-9H,1-2H2/b11-8-. The van der Waals surface area contributed by atoms with Crippen LogP contribution in [0.3, 0.4) is 0 Å². The van der Waals surface area contributed by atoms with Gasteiger partial charge in [0.1, 0.15) is 5.82 Å². The maximum absolute atomic E-state index is 13.0. The average molecular weight is 214 g/mol. The van der Waals surface area contributed by atoms with E-state index in [9.17, 15) is 4.39 Å². The minimum atomic E-state index is -0.150. The van der Waals surface area contributed by atoms with E-state index in [0.29, 0.717) is 0 Å². The Morgan fingerprint density at radius 1 is 1.31 bits per heavy atom. The van der Waals surface area contributed by atoms with E-state index in [1.54, 1.807) is 18.6 Å². The molecule has 1 aliphatic rings. The molecule has 0 bridgehead atoms. The van der Waals surface area contributed by atoms with Gasteiger partial charge in [-0.2, -0.15) is 0 Å². The molecule has 0 aliphatic heterocycles. The van der Waals surface area contributed by atoms with Gasteiger partial charge in [0.2, 0.25) is 0 Å². The zero-order chi connectivity index (χ0) is 11.0. The van der Waals surface area contributed by atoms with Crippen molar-refractivity contribution < 1.29 is 4.39 Å². The molecule has 0 amide bonds. The highest BCUT2D eigenvalue weighted by atomic mass is 19.1. The van der Waals surface area contributed by atoms with Crippen LogP contribution >= 0.6 is 0 Å². The van der Waals surface area contributed by atoms with Crippen molar-refractivity contribution in [2.75, 3.05) is 0 Å². The number of benzene rings is 1. The summed E-state index contributed by atoms with van der Waals surface area (Å²) in [5.74, 6) is -0.150. The Morgan fingerprint density at radius 3 is 3.06 bits per heavy atom. The quantitative estimate of drug-likeness (QED) is 0.713. The highest BCUT2D eigenvalue weighted by Crippen LogP contribution is 2.32. The summed E-state index contributed by atoms with van der Waals surface area (Å²) in [6, 6.07) is 5.01. The molecule has 0 atom stereocenters. The minimum Gasteiger partial charge on any atom is -0.313 e. The van der Waals surface area contributed by atoms with Crippen molar-refractivity contribution in [3.05, 3.63) is 53.9 Å². The number of allylic oxidation sites excluding steroid dienone is 1. The van der Waals surface area contributed by atoms with Crippen molar-refractivity contribution in [3.63, 3.8) is 0 Å². The molecule has 2 aromatic rings. The van der Waals surface area contributed by atoms with E-state index in [1.807, 2.05) is 16.8 Å². The number of aromatic nitrogens is 2. The summed E-state index contributed by atoms with van der Waals surface area (Å²) in [5.41, 5.74) is 3.51. The molecule has 80 valence electrons. The molecule has 3 heteroatoms. The topological polar surface area (TPSA) is 17.8 Å². The Morgan fingerprint density at radius 2 is 2.25 bits per heavy atom. The van der Waals surface area contributed by atoms with Gasteiger partial charge in [-0.3, -0.25) is 0 Å². The lowest BCUT2D eigenvalue weighted by Gasteiger charge is -2.01. The second-order valence-corrected chi connectivity index (χ2v) is 3.97. The van der Waals surface area contributed by atoms with Crippen LogP contribution < -0.4 is 0 Å². The van der Waals surface area contributed by atoms with Gasteiger partial charge in [0.25, 0.3) is 0 Å². The van der Waals surface area contributed by atoms with Gasteiger partial charge in [0.05, 0.1) is 6.33 Å². The van der Waals surface area contributed by atoms with E-state index in [0.717, 1.165) is 24.0 Å². The summed E-state index contributed by atoms with van der Waals surface area (Å²) in [6.07, 6.45) is 9.35. The van der Waals surface area contributed by atoms with Gasteiger partial charge in [-0.1, -0.05) is 6.07 Å². The van der Waals surface area contributed by atoms with Crippen molar-refractivity contribution in [2.24, 2.45) is 0 Å². The zero-order valence-electron chi connectivity index (χ0n) is 8.73. The summed E-state index contributed by atoms with van der Waals surface area (Å²) in [5, 5.41) is 0. The van der Waals surface area contributed by atoms with Crippen LogP contribution in [0.25, 0.3) is 11.8 Å². The van der Waals surface area contributed by atoms with Crippen molar-refractivity contribution >= 4 is 11.8 Å². The highest BCUT2D eigenvalue weighted by molar-refractivity contribution is 5.80. The molecule has 0 fully saturated rings. The molecule has 1 aromatic carbocycles. The molecule has 3 rings (SSSR count). The lowest BCUT2D eigenvalue weighted by atomic mass is 10.1. The Hall–Kier alpha value is -1.90. The highest BCUT2D eigenvalue weighted by Gasteiger charge is 2.16. The van der Waals surface area contributed by atoms with Crippen molar-refractivity contribution in [2.45, 2.75) is 12.8 Å². The molecule has 0 spiro atoms. The first-order valence-electron chi connectivity index (χ1n) is 5.30. The van der Waals surface area contributed by atoms with Gasteiger partial charge in [0, 0.05) is 18.6 Å². The number of aryl methyl sites for hydroxylation is 1. The van der Waals surface area contributed by atoms with Gasteiger partial charge in [0.15, 0.2) is 0 Å². The van der Waals surface area contributed by atoms with Crippen molar-refractivity contribution in [1.29, 1.82) is 0 Å². The predicted octanol–water partition coefficient (Wildman–Crippen LogP) is 2.97. The number of hydrogen-bond donors (Lipinski definition) is 0. The van der Waals surface area contributed by atoms with E-state index in [-0.39, 0.29) is 5.82 Å². The molecule has 1 heterocycles. The van der Waals surface area contributed by atoms with E-state index < -0.39 is 0 Å². The normalized spacial score (nSPS) is 16.7. The van der Waals surface area contributed by atoms with E-state index >= 15 is 0 Å². The maximum Gasteiger partial charge on any atom is 0.123 e. The second-order valence-electron chi connectivity index (χ2n) is 3.97. The number of hydrogen-bond acceptors (Lipinski definition) is 1. The third-order valence-corrected chi connectivity index (χ3v) is 2.91. The third kappa shape index (κ3) is 1.54. The Kier molecular flexibility index (Phi) is 2.10. The molecular weight excluding hydrogens is 203 g/mol. The van der Waals surface area contributed by atoms with Crippen LogP contribution in [0.5, 0.6) is 0 Å². The first kappa shape index (κ1) is 9.33. The largest absolute Gasteiger partial charge is 0.313 e. The maximum atomic E-state index is 13.0. The van der Waals surface area contributed by atoms with E-state index in [2.05, 4.69) is 11.2 Å². The zero-order valence-corrected chi connectivity index (χ0v) is 8.73. The molecule has 0 saturated carbocycles. The third-order valence-electron chi connectivity index (χ3n) is 2.91. The molecule has 1 aromatic heterocycles. The van der Waals surface area contributed by atoms with Crippen LogP contribution in [0, 0.1) is 5.82 Å². The van der Waals surface area contributed by atoms with Gasteiger partial charge in [-0.05, 0) is 41.7 Å². The summed E-state index contributed by atoms with van der Waals surface area (Å²) >= 11 is 0. The van der Waals surface area contributed by atoms with Crippen LogP contribution in [0.2, 0.25) is 0 Å². The number of rotatable bonds is 1. The molecule has 0 N–H and O–H groups in total. The first-order valence-corrected chi connectivity index (χ1v) is 5.30. The molecule has 1 aliphatic carbocycles. The molecular formula is C13H11FN2.